The van der Waals surface area contributed by atoms with Gasteiger partial charge >= 0.3 is 12.1 Å². The van der Waals surface area contributed by atoms with Crippen LogP contribution in [0.5, 0.6) is 0 Å². The number of hydrogen-bond acceptors (Lipinski definition) is 3. The van der Waals surface area contributed by atoms with E-state index < -0.39 is 35.2 Å². The molecule has 24 heavy (non-hydrogen) atoms. The van der Waals surface area contributed by atoms with E-state index in [0.717, 1.165) is 13.0 Å². The van der Waals surface area contributed by atoms with Gasteiger partial charge < -0.3 is 9.47 Å². The van der Waals surface area contributed by atoms with Crippen molar-refractivity contribution < 1.29 is 31.8 Å². The molecule has 1 heterocycles. The minimum Gasteiger partial charge on any atom is -0.470 e. The van der Waals surface area contributed by atoms with Crippen LogP contribution in [0.2, 0.25) is 0 Å². The molecule has 0 aliphatic carbocycles. The zero-order chi connectivity index (χ0) is 18.3. The van der Waals surface area contributed by atoms with Crippen molar-refractivity contribution in [3.8, 4) is 0 Å². The van der Waals surface area contributed by atoms with Crippen LogP contribution in [0, 0.1) is 18.7 Å². The number of carbonyl (C=O) groups excluding carboxylic acids is 1. The van der Waals surface area contributed by atoms with Crippen LogP contribution in [0.3, 0.4) is 0 Å². The van der Waals surface area contributed by atoms with Crippen LogP contribution in [-0.4, -0.2) is 24.4 Å². The van der Waals surface area contributed by atoms with Gasteiger partial charge in [0.25, 0.3) is 0 Å². The summed E-state index contributed by atoms with van der Waals surface area (Å²) in [5, 5.41) is 0. The van der Waals surface area contributed by atoms with Crippen molar-refractivity contribution in [2.75, 3.05) is 6.61 Å². The largest absolute Gasteiger partial charge is 0.470 e. The first-order chi connectivity index (χ1) is 11.0. The molecule has 0 bridgehead atoms. The molecule has 0 fully saturated rings. The standard InChI is InChI=1S/C17H18F4O3/c1-5-23-15(22)14-13(12-7-6-11(18)8-9(12)2)10(3)16(4,24-14)17(19,20)21/h6-8,10H,5H2,1-4H3/t10-,16+/m0/s1. The Morgan fingerprint density at radius 2 is 2.00 bits per heavy atom. The van der Waals surface area contributed by atoms with Crippen molar-refractivity contribution in [1.29, 1.82) is 0 Å². The number of esters is 1. The summed E-state index contributed by atoms with van der Waals surface area (Å²) in [5.74, 6) is -3.12. The summed E-state index contributed by atoms with van der Waals surface area (Å²) in [4.78, 5) is 12.1. The number of carbonyl (C=O) groups is 1. The molecule has 0 saturated heterocycles. The zero-order valence-electron chi connectivity index (χ0n) is 13.8. The Bertz CT molecular complexity index is 694. The van der Waals surface area contributed by atoms with Crippen molar-refractivity contribution >= 4 is 11.5 Å². The molecule has 132 valence electrons. The van der Waals surface area contributed by atoms with Crippen LogP contribution in [-0.2, 0) is 14.3 Å². The topological polar surface area (TPSA) is 35.5 Å². The molecule has 0 amide bonds. The van der Waals surface area contributed by atoms with Crippen LogP contribution in [0.1, 0.15) is 31.9 Å². The van der Waals surface area contributed by atoms with E-state index in [0.29, 0.717) is 11.1 Å². The number of rotatable bonds is 3. The summed E-state index contributed by atoms with van der Waals surface area (Å²) < 4.78 is 63.8. The molecular weight excluding hydrogens is 328 g/mol. The predicted molar refractivity (Wildman–Crippen MR) is 79.4 cm³/mol. The van der Waals surface area contributed by atoms with Gasteiger partial charge in [0.15, 0.2) is 0 Å². The van der Waals surface area contributed by atoms with Crippen LogP contribution >= 0.6 is 0 Å². The van der Waals surface area contributed by atoms with Crippen molar-refractivity contribution in [3.05, 3.63) is 40.9 Å². The maximum Gasteiger partial charge on any atom is 0.428 e. The highest BCUT2D eigenvalue weighted by Gasteiger charge is 2.63. The lowest BCUT2D eigenvalue weighted by atomic mass is 9.81. The molecule has 0 N–H and O–H groups in total. The molecule has 1 aromatic rings. The van der Waals surface area contributed by atoms with Gasteiger partial charge in [-0.3, -0.25) is 0 Å². The number of ether oxygens (including phenoxy) is 2. The van der Waals surface area contributed by atoms with Gasteiger partial charge in [-0.25, -0.2) is 9.18 Å². The fourth-order valence-electron chi connectivity index (χ4n) is 2.76. The monoisotopic (exact) mass is 346 g/mol. The Kier molecular flexibility index (Phi) is 4.65. The highest BCUT2D eigenvalue weighted by molar-refractivity contribution is 5.98. The fourth-order valence-corrected chi connectivity index (χ4v) is 2.76. The van der Waals surface area contributed by atoms with Crippen LogP contribution in [0.25, 0.3) is 5.57 Å². The molecule has 1 aliphatic heterocycles. The number of alkyl halides is 3. The van der Waals surface area contributed by atoms with Crippen LogP contribution < -0.4 is 0 Å². The van der Waals surface area contributed by atoms with E-state index >= 15 is 0 Å². The first-order valence-electron chi connectivity index (χ1n) is 7.46. The highest BCUT2D eigenvalue weighted by atomic mass is 19.4. The van der Waals surface area contributed by atoms with Crippen molar-refractivity contribution in [2.24, 2.45) is 5.92 Å². The molecule has 2 rings (SSSR count). The molecule has 0 aromatic heterocycles. The molecule has 2 atom stereocenters. The molecule has 0 saturated carbocycles. The first-order valence-corrected chi connectivity index (χ1v) is 7.46. The normalized spacial score (nSPS) is 24.1. The first kappa shape index (κ1) is 18.3. The number of aryl methyl sites for hydroxylation is 1. The number of halogens is 4. The molecule has 0 unspecified atom stereocenters. The minimum atomic E-state index is -4.69. The summed E-state index contributed by atoms with van der Waals surface area (Å²) in [6.45, 7) is 5.33. The Labute approximate surface area is 137 Å². The zero-order valence-corrected chi connectivity index (χ0v) is 13.8. The van der Waals surface area contributed by atoms with E-state index in [1.54, 1.807) is 13.8 Å². The van der Waals surface area contributed by atoms with Gasteiger partial charge in [-0.05, 0) is 44.0 Å². The molecule has 0 spiro atoms. The van der Waals surface area contributed by atoms with Gasteiger partial charge in [-0.15, -0.1) is 0 Å². The Balaban J connectivity index is 2.64. The van der Waals surface area contributed by atoms with Gasteiger partial charge in [-0.1, -0.05) is 13.0 Å². The average molecular weight is 346 g/mol. The van der Waals surface area contributed by atoms with Gasteiger partial charge in [0.2, 0.25) is 11.4 Å². The predicted octanol–water partition coefficient (Wildman–Crippen LogP) is 4.40. The maximum atomic E-state index is 13.5. The molecule has 3 nitrogen and oxygen atoms in total. The highest BCUT2D eigenvalue weighted by Crippen LogP contribution is 2.52. The molecule has 7 heteroatoms. The second kappa shape index (κ2) is 6.11. The quantitative estimate of drug-likeness (QED) is 0.601. The van der Waals surface area contributed by atoms with E-state index in [9.17, 15) is 22.4 Å². The van der Waals surface area contributed by atoms with Crippen molar-refractivity contribution in [2.45, 2.75) is 39.5 Å². The fraction of sp³-hybridized carbons (Fsp3) is 0.471. The summed E-state index contributed by atoms with van der Waals surface area (Å²) in [6, 6.07) is 3.68. The van der Waals surface area contributed by atoms with Gasteiger partial charge in [0.1, 0.15) is 5.82 Å². The Hall–Kier alpha value is -2.05. The van der Waals surface area contributed by atoms with Gasteiger partial charge in [0, 0.05) is 11.5 Å². The summed E-state index contributed by atoms with van der Waals surface area (Å²) in [5.41, 5.74) is -1.75. The Morgan fingerprint density at radius 3 is 2.50 bits per heavy atom. The van der Waals surface area contributed by atoms with Crippen molar-refractivity contribution in [3.63, 3.8) is 0 Å². The SMILES string of the molecule is CCOC(=O)C1=C(c2ccc(F)cc2C)[C@H](C)[C@](C)(C(F)(F)F)O1. The van der Waals surface area contributed by atoms with Gasteiger partial charge in [-0.2, -0.15) is 13.2 Å². The minimum absolute atomic E-state index is 0.00150. The molecule has 1 aliphatic rings. The smallest absolute Gasteiger partial charge is 0.428 e. The lowest BCUT2D eigenvalue weighted by Gasteiger charge is -2.32. The lowest BCUT2D eigenvalue weighted by Crippen LogP contribution is -2.47. The number of benzene rings is 1. The van der Waals surface area contributed by atoms with E-state index in [1.807, 2.05) is 0 Å². The third-order valence-corrected chi connectivity index (χ3v) is 4.32. The lowest BCUT2D eigenvalue weighted by molar-refractivity contribution is -0.262. The average Bonchev–Trinajstić information content (AvgIpc) is 2.73. The summed E-state index contributed by atoms with van der Waals surface area (Å²) in [7, 11) is 0. The van der Waals surface area contributed by atoms with Crippen molar-refractivity contribution in [1.82, 2.24) is 0 Å². The van der Waals surface area contributed by atoms with Crippen LogP contribution in [0.4, 0.5) is 17.6 Å². The maximum absolute atomic E-state index is 13.5. The molecular formula is C17H18F4O3. The second-order valence-electron chi connectivity index (χ2n) is 5.85. The summed E-state index contributed by atoms with van der Waals surface area (Å²) >= 11 is 0. The third-order valence-electron chi connectivity index (χ3n) is 4.32. The Morgan fingerprint density at radius 1 is 1.38 bits per heavy atom. The number of hydrogen-bond donors (Lipinski definition) is 0. The molecule has 1 aromatic carbocycles. The van der Waals surface area contributed by atoms with E-state index in [-0.39, 0.29) is 12.2 Å². The van der Waals surface area contributed by atoms with E-state index in [4.69, 9.17) is 9.47 Å². The third kappa shape index (κ3) is 2.87. The van der Waals surface area contributed by atoms with Gasteiger partial charge in [0.05, 0.1) is 6.61 Å². The van der Waals surface area contributed by atoms with E-state index in [1.165, 1.54) is 19.1 Å². The second-order valence-corrected chi connectivity index (χ2v) is 5.85. The van der Waals surface area contributed by atoms with Crippen LogP contribution in [0.15, 0.2) is 24.0 Å². The summed E-state index contributed by atoms with van der Waals surface area (Å²) in [6.07, 6.45) is -4.69. The van der Waals surface area contributed by atoms with E-state index in [2.05, 4.69) is 0 Å². The molecule has 0 radical (unpaired) electrons.